The minimum Gasteiger partial charge on any atom is -0.332 e. The standard InChI is InChI=1S/C14H19ClN2O/c1-14(10-16)8-2-3-9-17(14)13(18)11-4-6-12(15)7-5-11/h4-7H,2-3,8-10,16H2,1H3. The van der Waals surface area contributed by atoms with E-state index in [4.69, 9.17) is 17.3 Å². The van der Waals surface area contributed by atoms with E-state index in [0.717, 1.165) is 25.8 Å². The molecular formula is C14H19ClN2O. The van der Waals surface area contributed by atoms with Crippen LogP contribution in [0.3, 0.4) is 0 Å². The van der Waals surface area contributed by atoms with Crippen LogP contribution in [0.4, 0.5) is 0 Å². The number of amides is 1. The van der Waals surface area contributed by atoms with Crippen LogP contribution in [0, 0.1) is 0 Å². The Morgan fingerprint density at radius 3 is 2.67 bits per heavy atom. The van der Waals surface area contributed by atoms with Crippen molar-refractivity contribution >= 4 is 17.5 Å². The van der Waals surface area contributed by atoms with Gasteiger partial charge in [-0.05, 0) is 50.5 Å². The first-order chi connectivity index (χ1) is 8.57. The molecule has 1 amide bonds. The third-order valence-electron chi connectivity index (χ3n) is 3.77. The second kappa shape index (κ2) is 5.29. The zero-order valence-electron chi connectivity index (χ0n) is 10.7. The van der Waals surface area contributed by atoms with Crippen LogP contribution in [-0.4, -0.2) is 29.4 Å². The largest absolute Gasteiger partial charge is 0.332 e. The summed E-state index contributed by atoms with van der Waals surface area (Å²) in [5.74, 6) is 0.0549. The third-order valence-corrected chi connectivity index (χ3v) is 4.03. The summed E-state index contributed by atoms with van der Waals surface area (Å²) in [5.41, 5.74) is 6.32. The molecule has 4 heteroatoms. The Kier molecular flexibility index (Phi) is 3.93. The van der Waals surface area contributed by atoms with E-state index in [1.54, 1.807) is 24.3 Å². The van der Waals surface area contributed by atoms with Gasteiger partial charge < -0.3 is 10.6 Å². The van der Waals surface area contributed by atoms with Crippen molar-refractivity contribution in [1.29, 1.82) is 0 Å². The lowest BCUT2D eigenvalue weighted by molar-refractivity contribution is 0.0403. The highest BCUT2D eigenvalue weighted by Crippen LogP contribution is 2.28. The molecule has 0 saturated carbocycles. The van der Waals surface area contributed by atoms with Crippen LogP contribution in [-0.2, 0) is 0 Å². The molecule has 0 spiro atoms. The maximum Gasteiger partial charge on any atom is 0.254 e. The second-order valence-corrected chi connectivity index (χ2v) is 5.56. The van der Waals surface area contributed by atoms with Gasteiger partial charge in [-0.1, -0.05) is 11.6 Å². The molecule has 1 aromatic carbocycles. The van der Waals surface area contributed by atoms with Gasteiger partial charge in [-0.2, -0.15) is 0 Å². The van der Waals surface area contributed by atoms with Crippen molar-refractivity contribution in [2.75, 3.05) is 13.1 Å². The maximum atomic E-state index is 12.5. The minimum atomic E-state index is -0.213. The van der Waals surface area contributed by atoms with Crippen molar-refractivity contribution < 1.29 is 4.79 Å². The monoisotopic (exact) mass is 266 g/mol. The Hall–Kier alpha value is -1.06. The van der Waals surface area contributed by atoms with E-state index in [1.807, 2.05) is 4.90 Å². The van der Waals surface area contributed by atoms with E-state index in [2.05, 4.69) is 6.92 Å². The van der Waals surface area contributed by atoms with E-state index in [-0.39, 0.29) is 11.4 Å². The first kappa shape index (κ1) is 13.4. The maximum absolute atomic E-state index is 12.5. The average molecular weight is 267 g/mol. The number of rotatable bonds is 2. The molecule has 1 aliphatic rings. The van der Waals surface area contributed by atoms with Crippen LogP contribution >= 0.6 is 11.6 Å². The van der Waals surface area contributed by atoms with E-state index in [1.165, 1.54) is 0 Å². The number of halogens is 1. The predicted molar refractivity (Wildman–Crippen MR) is 73.8 cm³/mol. The van der Waals surface area contributed by atoms with E-state index in [0.29, 0.717) is 17.1 Å². The Bertz CT molecular complexity index is 432. The lowest BCUT2D eigenvalue weighted by Gasteiger charge is -2.44. The number of carbonyl (C=O) groups excluding carboxylic acids is 1. The van der Waals surface area contributed by atoms with E-state index < -0.39 is 0 Å². The van der Waals surface area contributed by atoms with Gasteiger partial charge in [0.15, 0.2) is 0 Å². The lowest BCUT2D eigenvalue weighted by atomic mass is 9.88. The summed E-state index contributed by atoms with van der Waals surface area (Å²) in [7, 11) is 0. The van der Waals surface area contributed by atoms with Crippen LogP contribution in [0.25, 0.3) is 0 Å². The number of carbonyl (C=O) groups is 1. The van der Waals surface area contributed by atoms with E-state index in [9.17, 15) is 4.79 Å². The van der Waals surface area contributed by atoms with Gasteiger partial charge in [0.25, 0.3) is 5.91 Å². The normalized spacial score (nSPS) is 24.1. The topological polar surface area (TPSA) is 46.3 Å². The molecule has 0 radical (unpaired) electrons. The van der Waals surface area contributed by atoms with Crippen molar-refractivity contribution in [2.24, 2.45) is 5.73 Å². The fraction of sp³-hybridized carbons (Fsp3) is 0.500. The van der Waals surface area contributed by atoms with Gasteiger partial charge in [0.2, 0.25) is 0 Å². The summed E-state index contributed by atoms with van der Waals surface area (Å²) in [6.07, 6.45) is 3.16. The van der Waals surface area contributed by atoms with Crippen molar-refractivity contribution in [2.45, 2.75) is 31.7 Å². The van der Waals surface area contributed by atoms with Crippen LogP contribution in [0.2, 0.25) is 5.02 Å². The molecule has 0 aliphatic carbocycles. The molecule has 1 unspecified atom stereocenters. The van der Waals surface area contributed by atoms with Crippen molar-refractivity contribution in [3.8, 4) is 0 Å². The van der Waals surface area contributed by atoms with Crippen LogP contribution < -0.4 is 5.73 Å². The molecule has 1 aliphatic heterocycles. The summed E-state index contributed by atoms with van der Waals surface area (Å²) in [5, 5.41) is 0.645. The van der Waals surface area contributed by atoms with Gasteiger partial charge in [-0.3, -0.25) is 4.79 Å². The third kappa shape index (κ3) is 2.52. The first-order valence-corrected chi connectivity index (χ1v) is 6.72. The first-order valence-electron chi connectivity index (χ1n) is 6.34. The predicted octanol–water partition coefficient (Wildman–Crippen LogP) is 2.68. The Balaban J connectivity index is 2.23. The van der Waals surface area contributed by atoms with Gasteiger partial charge in [-0.25, -0.2) is 0 Å². The lowest BCUT2D eigenvalue weighted by Crippen LogP contribution is -2.56. The quantitative estimate of drug-likeness (QED) is 0.895. The highest BCUT2D eigenvalue weighted by molar-refractivity contribution is 6.30. The fourth-order valence-corrected chi connectivity index (χ4v) is 2.61. The van der Waals surface area contributed by atoms with Gasteiger partial charge >= 0.3 is 0 Å². The SMILES string of the molecule is CC1(CN)CCCCN1C(=O)c1ccc(Cl)cc1. The molecule has 1 saturated heterocycles. The second-order valence-electron chi connectivity index (χ2n) is 5.12. The minimum absolute atomic E-state index is 0.0549. The Morgan fingerprint density at radius 1 is 1.39 bits per heavy atom. The average Bonchev–Trinajstić information content (AvgIpc) is 2.39. The molecule has 0 bridgehead atoms. The van der Waals surface area contributed by atoms with Gasteiger partial charge in [0.1, 0.15) is 0 Å². The molecule has 2 N–H and O–H groups in total. The van der Waals surface area contributed by atoms with Gasteiger partial charge in [0.05, 0.1) is 5.54 Å². The van der Waals surface area contributed by atoms with Crippen molar-refractivity contribution in [1.82, 2.24) is 4.90 Å². The van der Waals surface area contributed by atoms with Gasteiger partial charge in [-0.15, -0.1) is 0 Å². The fourth-order valence-electron chi connectivity index (χ4n) is 2.49. The Morgan fingerprint density at radius 2 is 2.06 bits per heavy atom. The number of nitrogens with two attached hydrogens (primary N) is 1. The molecule has 3 nitrogen and oxygen atoms in total. The summed E-state index contributed by atoms with van der Waals surface area (Å²) >= 11 is 5.84. The number of likely N-dealkylation sites (tertiary alicyclic amines) is 1. The number of piperidine rings is 1. The number of benzene rings is 1. The highest BCUT2D eigenvalue weighted by atomic mass is 35.5. The zero-order chi connectivity index (χ0) is 13.2. The van der Waals surface area contributed by atoms with Gasteiger partial charge in [0, 0.05) is 23.7 Å². The summed E-state index contributed by atoms with van der Waals surface area (Å²) < 4.78 is 0. The molecular weight excluding hydrogens is 248 g/mol. The molecule has 1 fully saturated rings. The summed E-state index contributed by atoms with van der Waals surface area (Å²) in [6.45, 7) is 3.36. The van der Waals surface area contributed by atoms with Crippen LogP contribution in [0.1, 0.15) is 36.5 Å². The summed E-state index contributed by atoms with van der Waals surface area (Å²) in [4.78, 5) is 14.4. The molecule has 98 valence electrons. The molecule has 2 rings (SSSR count). The molecule has 0 aromatic heterocycles. The molecule has 1 atom stereocenters. The van der Waals surface area contributed by atoms with E-state index >= 15 is 0 Å². The van der Waals surface area contributed by atoms with Crippen LogP contribution in [0.5, 0.6) is 0 Å². The number of nitrogens with zero attached hydrogens (tertiary/aromatic N) is 1. The zero-order valence-corrected chi connectivity index (χ0v) is 11.4. The summed E-state index contributed by atoms with van der Waals surface area (Å²) in [6, 6.07) is 7.05. The molecule has 1 aromatic rings. The molecule has 18 heavy (non-hydrogen) atoms. The Labute approximate surface area is 113 Å². The smallest absolute Gasteiger partial charge is 0.254 e. The number of hydrogen-bond donors (Lipinski definition) is 1. The number of hydrogen-bond acceptors (Lipinski definition) is 2. The molecule has 1 heterocycles. The van der Waals surface area contributed by atoms with Crippen molar-refractivity contribution in [3.63, 3.8) is 0 Å². The highest BCUT2D eigenvalue weighted by Gasteiger charge is 2.36. The van der Waals surface area contributed by atoms with Crippen molar-refractivity contribution in [3.05, 3.63) is 34.9 Å². The van der Waals surface area contributed by atoms with Crippen LogP contribution in [0.15, 0.2) is 24.3 Å².